The fraction of sp³-hybridized carbons (Fsp3) is 0.304. The van der Waals surface area contributed by atoms with Gasteiger partial charge in [0.15, 0.2) is 6.10 Å². The SMILES string of the molecule is Cc1cccc(Oc2c(C(F)(F)F)oc3cc(OC(C)C(=O)OC(C)C)ccc3c2=O)c1. The number of hydrogen-bond donors (Lipinski definition) is 0. The van der Waals surface area contributed by atoms with Crippen LogP contribution in [0.25, 0.3) is 11.0 Å². The lowest BCUT2D eigenvalue weighted by atomic mass is 10.2. The summed E-state index contributed by atoms with van der Waals surface area (Å²) in [6, 6.07) is 9.98. The second kappa shape index (κ2) is 8.94. The van der Waals surface area contributed by atoms with Gasteiger partial charge in [0, 0.05) is 6.07 Å². The zero-order chi connectivity index (χ0) is 23.6. The van der Waals surface area contributed by atoms with Crippen molar-refractivity contribution < 1.29 is 36.6 Å². The summed E-state index contributed by atoms with van der Waals surface area (Å²) in [5, 5.41) is -0.134. The van der Waals surface area contributed by atoms with Gasteiger partial charge in [-0.15, -0.1) is 0 Å². The Kier molecular flexibility index (Phi) is 6.47. The molecule has 6 nitrogen and oxygen atoms in total. The predicted molar refractivity (Wildman–Crippen MR) is 110 cm³/mol. The second-order valence-electron chi connectivity index (χ2n) is 7.41. The number of esters is 1. The molecule has 0 aliphatic carbocycles. The van der Waals surface area contributed by atoms with Crippen molar-refractivity contribution in [1.82, 2.24) is 0 Å². The number of rotatable bonds is 6. The van der Waals surface area contributed by atoms with Crippen LogP contribution in [0.15, 0.2) is 51.7 Å². The van der Waals surface area contributed by atoms with E-state index in [4.69, 9.17) is 18.6 Å². The van der Waals surface area contributed by atoms with E-state index in [2.05, 4.69) is 0 Å². The van der Waals surface area contributed by atoms with Gasteiger partial charge in [0.1, 0.15) is 17.1 Å². The lowest BCUT2D eigenvalue weighted by Crippen LogP contribution is -2.28. The summed E-state index contributed by atoms with van der Waals surface area (Å²) in [7, 11) is 0. The molecule has 1 aromatic heterocycles. The molecule has 1 unspecified atom stereocenters. The van der Waals surface area contributed by atoms with Crippen molar-refractivity contribution in [2.45, 2.75) is 46.1 Å². The van der Waals surface area contributed by atoms with Crippen LogP contribution in [0.2, 0.25) is 0 Å². The van der Waals surface area contributed by atoms with Gasteiger partial charge in [-0.2, -0.15) is 13.2 Å². The van der Waals surface area contributed by atoms with E-state index in [9.17, 15) is 22.8 Å². The van der Waals surface area contributed by atoms with Crippen LogP contribution in [0, 0.1) is 6.92 Å². The minimum atomic E-state index is -4.99. The Labute approximate surface area is 181 Å². The molecule has 0 amide bonds. The third kappa shape index (κ3) is 5.22. The van der Waals surface area contributed by atoms with Gasteiger partial charge in [0.25, 0.3) is 5.76 Å². The van der Waals surface area contributed by atoms with E-state index in [0.717, 1.165) is 11.6 Å². The summed E-state index contributed by atoms with van der Waals surface area (Å²) < 4.78 is 61.8. The molecule has 1 heterocycles. The van der Waals surface area contributed by atoms with Gasteiger partial charge < -0.3 is 18.6 Å². The number of hydrogen-bond acceptors (Lipinski definition) is 6. The Hall–Kier alpha value is -3.49. The first-order valence-electron chi connectivity index (χ1n) is 9.75. The highest BCUT2D eigenvalue weighted by Gasteiger charge is 2.40. The maximum absolute atomic E-state index is 13.7. The molecular formula is C23H21F3O6. The van der Waals surface area contributed by atoms with Crippen molar-refractivity contribution >= 4 is 16.9 Å². The van der Waals surface area contributed by atoms with Gasteiger partial charge >= 0.3 is 12.1 Å². The Balaban J connectivity index is 2.03. The summed E-state index contributed by atoms with van der Waals surface area (Å²) >= 11 is 0. The molecule has 0 N–H and O–H groups in total. The Morgan fingerprint density at radius 2 is 1.75 bits per heavy atom. The molecule has 3 rings (SSSR count). The molecule has 3 aromatic rings. The topological polar surface area (TPSA) is 75.0 Å². The monoisotopic (exact) mass is 450 g/mol. The van der Waals surface area contributed by atoms with E-state index in [1.807, 2.05) is 0 Å². The van der Waals surface area contributed by atoms with Crippen molar-refractivity contribution in [2.24, 2.45) is 0 Å². The molecule has 0 aliphatic rings. The van der Waals surface area contributed by atoms with E-state index < -0.39 is 35.2 Å². The molecule has 0 fully saturated rings. The molecule has 0 saturated heterocycles. The number of ether oxygens (including phenoxy) is 3. The maximum Gasteiger partial charge on any atom is 0.453 e. The molecule has 170 valence electrons. The quantitative estimate of drug-likeness (QED) is 0.453. The van der Waals surface area contributed by atoms with Crippen molar-refractivity contribution in [1.29, 1.82) is 0 Å². The van der Waals surface area contributed by atoms with Crippen LogP contribution in [-0.4, -0.2) is 18.2 Å². The Morgan fingerprint density at radius 3 is 2.38 bits per heavy atom. The Bertz CT molecular complexity index is 1200. The zero-order valence-corrected chi connectivity index (χ0v) is 17.8. The molecule has 32 heavy (non-hydrogen) atoms. The molecule has 1 atom stereocenters. The minimum Gasteiger partial charge on any atom is -0.479 e. The fourth-order valence-corrected chi connectivity index (χ4v) is 2.89. The van der Waals surface area contributed by atoms with E-state index in [1.54, 1.807) is 32.9 Å². The van der Waals surface area contributed by atoms with Crippen LogP contribution in [0.4, 0.5) is 13.2 Å². The summed E-state index contributed by atoms with van der Waals surface area (Å²) in [5.41, 5.74) is -0.604. The van der Waals surface area contributed by atoms with Crippen molar-refractivity contribution in [3.8, 4) is 17.2 Å². The van der Waals surface area contributed by atoms with Crippen molar-refractivity contribution in [2.75, 3.05) is 0 Å². The molecule has 0 spiro atoms. The number of fused-ring (bicyclic) bond motifs is 1. The molecule has 0 aliphatic heterocycles. The molecule has 0 radical (unpaired) electrons. The number of aryl methyl sites for hydroxylation is 1. The highest BCUT2D eigenvalue weighted by molar-refractivity contribution is 5.80. The average molecular weight is 450 g/mol. The van der Waals surface area contributed by atoms with Gasteiger partial charge in [0.05, 0.1) is 11.5 Å². The first-order valence-corrected chi connectivity index (χ1v) is 9.75. The van der Waals surface area contributed by atoms with Gasteiger partial charge in [-0.3, -0.25) is 4.79 Å². The zero-order valence-electron chi connectivity index (χ0n) is 17.8. The standard InChI is InChI=1S/C23H21F3O6/c1-12(2)29-22(28)14(4)30-16-8-9-17-18(11-16)32-21(23(24,25)26)20(19(17)27)31-15-7-5-6-13(3)10-15/h5-12,14H,1-4H3. The molecule has 0 bridgehead atoms. The molecular weight excluding hydrogens is 429 g/mol. The number of halogens is 3. The van der Waals surface area contributed by atoms with Crippen LogP contribution >= 0.6 is 0 Å². The van der Waals surface area contributed by atoms with Gasteiger partial charge in [-0.25, -0.2) is 4.79 Å². The van der Waals surface area contributed by atoms with E-state index in [-0.39, 0.29) is 28.6 Å². The Morgan fingerprint density at radius 1 is 1.03 bits per heavy atom. The number of carbonyl (C=O) groups excluding carboxylic acids is 1. The first kappa shape index (κ1) is 23.2. The third-order valence-electron chi connectivity index (χ3n) is 4.29. The van der Waals surface area contributed by atoms with Crippen molar-refractivity contribution in [3.63, 3.8) is 0 Å². The maximum atomic E-state index is 13.7. The average Bonchev–Trinajstić information content (AvgIpc) is 2.68. The summed E-state index contributed by atoms with van der Waals surface area (Å²) in [6.45, 7) is 6.51. The largest absolute Gasteiger partial charge is 0.479 e. The first-order chi connectivity index (χ1) is 15.0. The predicted octanol–water partition coefficient (Wildman–Crippen LogP) is 5.63. The van der Waals surface area contributed by atoms with Gasteiger partial charge in [-0.05, 0) is 57.5 Å². The van der Waals surface area contributed by atoms with E-state index in [0.29, 0.717) is 0 Å². The fourth-order valence-electron chi connectivity index (χ4n) is 2.89. The van der Waals surface area contributed by atoms with E-state index in [1.165, 1.54) is 31.2 Å². The number of benzene rings is 2. The van der Waals surface area contributed by atoms with Crippen LogP contribution in [-0.2, 0) is 15.7 Å². The molecule has 0 saturated carbocycles. The lowest BCUT2D eigenvalue weighted by molar-refractivity contribution is -0.155. The third-order valence-corrected chi connectivity index (χ3v) is 4.29. The van der Waals surface area contributed by atoms with Crippen molar-refractivity contribution in [3.05, 3.63) is 64.0 Å². The summed E-state index contributed by atoms with van der Waals surface area (Å²) in [4.78, 5) is 24.8. The molecule has 9 heteroatoms. The normalized spacial score (nSPS) is 12.6. The van der Waals surface area contributed by atoms with Gasteiger partial charge in [-0.1, -0.05) is 12.1 Å². The van der Waals surface area contributed by atoms with Crippen LogP contribution in [0.1, 0.15) is 32.1 Å². The summed E-state index contributed by atoms with van der Waals surface area (Å²) in [6.07, 6.45) is -6.37. The van der Waals surface area contributed by atoms with Crippen LogP contribution in [0.3, 0.4) is 0 Å². The van der Waals surface area contributed by atoms with Crippen LogP contribution < -0.4 is 14.9 Å². The smallest absolute Gasteiger partial charge is 0.453 e. The number of carbonyl (C=O) groups is 1. The summed E-state index contributed by atoms with van der Waals surface area (Å²) in [5.74, 6) is -3.06. The second-order valence-corrected chi connectivity index (χ2v) is 7.41. The minimum absolute atomic E-state index is 0.0364. The van der Waals surface area contributed by atoms with Crippen LogP contribution in [0.5, 0.6) is 17.2 Å². The van der Waals surface area contributed by atoms with E-state index >= 15 is 0 Å². The number of alkyl halides is 3. The van der Waals surface area contributed by atoms with Gasteiger partial charge in [0.2, 0.25) is 11.2 Å². The highest BCUT2D eigenvalue weighted by Crippen LogP contribution is 2.38. The molecule has 2 aromatic carbocycles. The highest BCUT2D eigenvalue weighted by atomic mass is 19.4. The lowest BCUT2D eigenvalue weighted by Gasteiger charge is -2.16.